The number of amides is 1. The Bertz CT molecular complexity index is 439. The number of halogens is 2. The zero-order valence-electron chi connectivity index (χ0n) is 9.41. The molecule has 6 heteroatoms. The summed E-state index contributed by atoms with van der Waals surface area (Å²) in [5.74, 6) is 0.0503. The predicted octanol–water partition coefficient (Wildman–Crippen LogP) is 1.71. The second-order valence-corrected chi connectivity index (χ2v) is 4.83. The molecule has 1 aliphatic heterocycles. The maximum Gasteiger partial charge on any atom is 0.237 e. The second kappa shape index (κ2) is 5.21. The average molecular weight is 274 g/mol. The molecule has 1 aliphatic rings. The summed E-state index contributed by atoms with van der Waals surface area (Å²) in [6, 6.07) is 1.48. The van der Waals surface area contributed by atoms with Crippen molar-refractivity contribution >= 4 is 29.1 Å². The van der Waals surface area contributed by atoms with Crippen LogP contribution in [0.25, 0.3) is 0 Å². The molecular formula is C11H13Cl2N3O. The number of piperazine rings is 1. The fourth-order valence-electron chi connectivity index (χ4n) is 1.82. The lowest BCUT2D eigenvalue weighted by Crippen LogP contribution is -2.53. The van der Waals surface area contributed by atoms with Crippen molar-refractivity contribution in [3.8, 4) is 0 Å². The third-order valence-corrected chi connectivity index (χ3v) is 3.45. The summed E-state index contributed by atoms with van der Waals surface area (Å²) in [7, 11) is 0. The largest absolute Gasteiger partial charge is 0.353 e. The molecule has 0 saturated carbocycles. The summed E-state index contributed by atoms with van der Waals surface area (Å²) in [5.41, 5.74) is 0.887. The third kappa shape index (κ3) is 2.89. The molecule has 0 bridgehead atoms. The van der Waals surface area contributed by atoms with Crippen LogP contribution in [0.1, 0.15) is 12.5 Å². The normalized spacial score (nSPS) is 21.4. The molecule has 0 aromatic carbocycles. The van der Waals surface area contributed by atoms with Crippen molar-refractivity contribution in [2.24, 2.45) is 0 Å². The topological polar surface area (TPSA) is 45.2 Å². The number of carbonyl (C=O) groups is 1. The van der Waals surface area contributed by atoms with Crippen molar-refractivity contribution < 1.29 is 4.79 Å². The summed E-state index contributed by atoms with van der Waals surface area (Å²) < 4.78 is 0. The van der Waals surface area contributed by atoms with Crippen LogP contribution in [0.3, 0.4) is 0 Å². The molecule has 1 aromatic heterocycles. The molecular weight excluding hydrogens is 261 g/mol. The first-order valence-corrected chi connectivity index (χ1v) is 6.15. The minimum absolute atomic E-state index is 0.0503. The van der Waals surface area contributed by atoms with Crippen molar-refractivity contribution in [3.05, 3.63) is 28.0 Å². The van der Waals surface area contributed by atoms with E-state index in [2.05, 4.69) is 15.2 Å². The van der Waals surface area contributed by atoms with E-state index in [1.807, 2.05) is 6.92 Å². The number of carbonyl (C=O) groups excluding carboxylic acids is 1. The first-order valence-electron chi connectivity index (χ1n) is 5.39. The average Bonchev–Trinajstić information content (AvgIpc) is 2.28. The zero-order valence-corrected chi connectivity index (χ0v) is 10.9. The van der Waals surface area contributed by atoms with Gasteiger partial charge in [0.05, 0.1) is 6.04 Å². The van der Waals surface area contributed by atoms with Crippen LogP contribution in [0.2, 0.25) is 10.2 Å². The van der Waals surface area contributed by atoms with E-state index in [0.29, 0.717) is 23.3 Å². The summed E-state index contributed by atoms with van der Waals surface area (Å²) >= 11 is 11.8. The van der Waals surface area contributed by atoms with Crippen molar-refractivity contribution in [1.29, 1.82) is 0 Å². The highest BCUT2D eigenvalue weighted by Crippen LogP contribution is 2.21. The molecule has 1 saturated heterocycles. The number of hydrogen-bond acceptors (Lipinski definition) is 3. The van der Waals surface area contributed by atoms with E-state index in [4.69, 9.17) is 23.2 Å². The fraction of sp³-hybridized carbons (Fsp3) is 0.455. The first kappa shape index (κ1) is 12.6. The van der Waals surface area contributed by atoms with Gasteiger partial charge in [0.15, 0.2) is 0 Å². The Morgan fingerprint density at radius 3 is 3.06 bits per heavy atom. The maximum absolute atomic E-state index is 11.5. The first-order chi connectivity index (χ1) is 8.08. The highest BCUT2D eigenvalue weighted by Gasteiger charge is 2.25. The number of rotatable bonds is 2. The SMILES string of the molecule is CC1C(=O)NCCN1Cc1cnc(Cl)cc1Cl. The van der Waals surface area contributed by atoms with Crippen LogP contribution in [0.15, 0.2) is 12.3 Å². The van der Waals surface area contributed by atoms with Gasteiger partial charge in [-0.25, -0.2) is 4.98 Å². The number of aromatic nitrogens is 1. The van der Waals surface area contributed by atoms with E-state index < -0.39 is 0 Å². The molecule has 1 fully saturated rings. The van der Waals surface area contributed by atoms with Gasteiger partial charge in [0.1, 0.15) is 5.15 Å². The van der Waals surface area contributed by atoms with Crippen molar-refractivity contribution in [1.82, 2.24) is 15.2 Å². The van der Waals surface area contributed by atoms with Gasteiger partial charge in [0.2, 0.25) is 5.91 Å². The van der Waals surface area contributed by atoms with E-state index in [9.17, 15) is 4.79 Å². The molecule has 0 radical (unpaired) electrons. The van der Waals surface area contributed by atoms with Crippen LogP contribution < -0.4 is 5.32 Å². The molecule has 1 aromatic rings. The summed E-state index contributed by atoms with van der Waals surface area (Å²) in [4.78, 5) is 17.6. The smallest absolute Gasteiger partial charge is 0.237 e. The molecule has 1 unspecified atom stereocenters. The molecule has 0 spiro atoms. The minimum Gasteiger partial charge on any atom is -0.353 e. The second-order valence-electron chi connectivity index (χ2n) is 4.04. The van der Waals surface area contributed by atoms with Gasteiger partial charge in [-0.15, -0.1) is 0 Å². The maximum atomic E-state index is 11.5. The van der Waals surface area contributed by atoms with E-state index in [-0.39, 0.29) is 11.9 Å². The number of nitrogens with one attached hydrogen (secondary N) is 1. The molecule has 4 nitrogen and oxygen atoms in total. The molecule has 2 heterocycles. The fourth-order valence-corrected chi connectivity index (χ4v) is 2.24. The van der Waals surface area contributed by atoms with Crippen LogP contribution in [0, 0.1) is 0 Å². The van der Waals surface area contributed by atoms with Gasteiger partial charge in [-0.1, -0.05) is 23.2 Å². The molecule has 1 atom stereocenters. The van der Waals surface area contributed by atoms with Gasteiger partial charge < -0.3 is 5.32 Å². The Labute approximate surface area is 110 Å². The number of pyridine rings is 1. The summed E-state index contributed by atoms with van der Waals surface area (Å²) in [6.45, 7) is 3.97. The van der Waals surface area contributed by atoms with Gasteiger partial charge in [0.25, 0.3) is 0 Å². The third-order valence-electron chi connectivity index (χ3n) is 2.90. The molecule has 1 N–H and O–H groups in total. The number of hydrogen-bond donors (Lipinski definition) is 1. The molecule has 0 aliphatic carbocycles. The van der Waals surface area contributed by atoms with Crippen LogP contribution in [-0.4, -0.2) is 34.9 Å². The molecule has 1 amide bonds. The van der Waals surface area contributed by atoms with Gasteiger partial charge in [-0.05, 0) is 13.0 Å². The van der Waals surface area contributed by atoms with Crippen LogP contribution >= 0.6 is 23.2 Å². The lowest BCUT2D eigenvalue weighted by atomic mass is 10.1. The Morgan fingerprint density at radius 2 is 2.35 bits per heavy atom. The lowest BCUT2D eigenvalue weighted by Gasteiger charge is -2.32. The van der Waals surface area contributed by atoms with Crippen molar-refractivity contribution in [2.75, 3.05) is 13.1 Å². The highest BCUT2D eigenvalue weighted by molar-refractivity contribution is 6.34. The zero-order chi connectivity index (χ0) is 12.4. The molecule has 2 rings (SSSR count). The highest BCUT2D eigenvalue weighted by atomic mass is 35.5. The van der Waals surface area contributed by atoms with Gasteiger partial charge in [0, 0.05) is 36.4 Å². The van der Waals surface area contributed by atoms with E-state index in [1.54, 1.807) is 12.3 Å². The summed E-state index contributed by atoms with van der Waals surface area (Å²) in [5, 5.41) is 3.79. The minimum atomic E-state index is -0.143. The Morgan fingerprint density at radius 1 is 1.59 bits per heavy atom. The number of nitrogens with zero attached hydrogens (tertiary/aromatic N) is 2. The Kier molecular flexibility index (Phi) is 3.86. The lowest BCUT2D eigenvalue weighted by molar-refractivity contribution is -0.128. The van der Waals surface area contributed by atoms with E-state index in [1.165, 1.54) is 0 Å². The molecule has 17 heavy (non-hydrogen) atoms. The Hall–Kier alpha value is -0.840. The van der Waals surface area contributed by atoms with Crippen LogP contribution in [-0.2, 0) is 11.3 Å². The predicted molar refractivity (Wildman–Crippen MR) is 67.1 cm³/mol. The van der Waals surface area contributed by atoms with E-state index >= 15 is 0 Å². The van der Waals surface area contributed by atoms with Crippen LogP contribution in [0.4, 0.5) is 0 Å². The quantitative estimate of drug-likeness (QED) is 0.835. The van der Waals surface area contributed by atoms with Crippen molar-refractivity contribution in [2.45, 2.75) is 19.5 Å². The standard InChI is InChI=1S/C11H13Cl2N3O/c1-7-11(17)14-2-3-16(7)6-8-5-15-10(13)4-9(8)12/h4-5,7H,2-3,6H2,1H3,(H,14,17). The monoisotopic (exact) mass is 273 g/mol. The van der Waals surface area contributed by atoms with Gasteiger partial charge >= 0.3 is 0 Å². The van der Waals surface area contributed by atoms with Gasteiger partial charge in [-0.3, -0.25) is 9.69 Å². The van der Waals surface area contributed by atoms with Gasteiger partial charge in [-0.2, -0.15) is 0 Å². The summed E-state index contributed by atoms with van der Waals surface area (Å²) in [6.07, 6.45) is 1.66. The van der Waals surface area contributed by atoms with E-state index in [0.717, 1.165) is 12.1 Å². The van der Waals surface area contributed by atoms with Crippen molar-refractivity contribution in [3.63, 3.8) is 0 Å². The Balaban J connectivity index is 2.12. The van der Waals surface area contributed by atoms with Crippen LogP contribution in [0.5, 0.6) is 0 Å². The molecule has 92 valence electrons.